The van der Waals surface area contributed by atoms with Crippen molar-refractivity contribution in [3.8, 4) is 0 Å². The molecule has 3 aromatic rings. The Morgan fingerprint density at radius 3 is 2.56 bits per heavy atom. The molecule has 3 nitrogen and oxygen atoms in total. The van der Waals surface area contributed by atoms with Gasteiger partial charge >= 0.3 is 5.97 Å². The first-order chi connectivity index (χ1) is 12.1. The van der Waals surface area contributed by atoms with Crippen molar-refractivity contribution in [2.75, 3.05) is 0 Å². The van der Waals surface area contributed by atoms with E-state index in [2.05, 4.69) is 4.99 Å². The Kier molecular flexibility index (Phi) is 4.04. The normalized spacial score (nSPS) is 15.5. The number of fused-ring (bicyclic) bond motifs is 1. The number of carbonyl (C=O) groups excluding carboxylic acids is 1. The van der Waals surface area contributed by atoms with Gasteiger partial charge in [-0.25, -0.2) is 9.79 Å². The lowest BCUT2D eigenvalue weighted by Gasteiger charge is -2.04. The van der Waals surface area contributed by atoms with E-state index in [1.807, 2.05) is 42.5 Å². The highest BCUT2D eigenvalue weighted by Crippen LogP contribution is 2.29. The maximum atomic E-state index is 12.2. The van der Waals surface area contributed by atoms with Crippen LogP contribution in [-0.4, -0.2) is 11.9 Å². The van der Waals surface area contributed by atoms with Crippen LogP contribution in [0.15, 0.2) is 71.4 Å². The highest BCUT2D eigenvalue weighted by Gasteiger charge is 2.25. The number of hydrogen-bond acceptors (Lipinski definition) is 3. The molecule has 1 aliphatic rings. The summed E-state index contributed by atoms with van der Waals surface area (Å²) in [5.41, 5.74) is 1.57. The minimum Gasteiger partial charge on any atom is -0.402 e. The number of carbonyl (C=O) groups is 1. The zero-order valence-electron chi connectivity index (χ0n) is 12.9. The molecule has 0 fully saturated rings. The first-order valence-corrected chi connectivity index (χ1v) is 8.34. The molecular formula is C20H11Cl2NO2. The minimum atomic E-state index is -0.515. The fraction of sp³-hybridized carbons (Fsp3) is 0. The van der Waals surface area contributed by atoms with Gasteiger partial charge in [-0.15, -0.1) is 0 Å². The van der Waals surface area contributed by atoms with Crippen LogP contribution < -0.4 is 0 Å². The van der Waals surface area contributed by atoms with Gasteiger partial charge in [0.25, 0.3) is 0 Å². The summed E-state index contributed by atoms with van der Waals surface area (Å²) in [6.45, 7) is 0. The van der Waals surface area contributed by atoms with Crippen LogP contribution in [0, 0.1) is 0 Å². The highest BCUT2D eigenvalue weighted by molar-refractivity contribution is 6.43. The predicted octanol–water partition coefficient (Wildman–Crippen LogP) is 5.49. The van der Waals surface area contributed by atoms with Crippen molar-refractivity contribution in [2.45, 2.75) is 0 Å². The molecule has 0 saturated heterocycles. The number of benzene rings is 3. The molecule has 1 aliphatic heterocycles. The topological polar surface area (TPSA) is 38.7 Å². The lowest BCUT2D eigenvalue weighted by molar-refractivity contribution is -0.129. The summed E-state index contributed by atoms with van der Waals surface area (Å²) in [6, 6.07) is 18.9. The molecular weight excluding hydrogens is 357 g/mol. The summed E-state index contributed by atoms with van der Waals surface area (Å²) < 4.78 is 5.38. The van der Waals surface area contributed by atoms with Gasteiger partial charge in [-0.05, 0) is 34.5 Å². The van der Waals surface area contributed by atoms with Crippen molar-refractivity contribution >= 4 is 51.9 Å². The lowest BCUT2D eigenvalue weighted by atomic mass is 10.0. The van der Waals surface area contributed by atoms with E-state index in [9.17, 15) is 4.79 Å². The Morgan fingerprint density at radius 2 is 1.68 bits per heavy atom. The molecule has 4 rings (SSSR count). The van der Waals surface area contributed by atoms with Gasteiger partial charge in [-0.2, -0.15) is 0 Å². The fourth-order valence-electron chi connectivity index (χ4n) is 2.72. The van der Waals surface area contributed by atoms with E-state index >= 15 is 0 Å². The van der Waals surface area contributed by atoms with Gasteiger partial charge in [0.15, 0.2) is 5.70 Å². The number of rotatable bonds is 2. The first-order valence-electron chi connectivity index (χ1n) is 7.58. The van der Waals surface area contributed by atoms with Crippen molar-refractivity contribution in [1.29, 1.82) is 0 Å². The summed E-state index contributed by atoms with van der Waals surface area (Å²) in [6.07, 6.45) is 1.58. The maximum absolute atomic E-state index is 12.2. The molecule has 0 atom stereocenters. The Morgan fingerprint density at radius 1 is 0.920 bits per heavy atom. The summed E-state index contributed by atoms with van der Waals surface area (Å²) in [7, 11) is 0. The molecule has 3 aromatic carbocycles. The van der Waals surface area contributed by atoms with E-state index in [1.165, 1.54) is 0 Å². The van der Waals surface area contributed by atoms with Crippen LogP contribution in [0.2, 0.25) is 10.0 Å². The van der Waals surface area contributed by atoms with Crippen LogP contribution in [-0.2, 0) is 9.53 Å². The number of cyclic esters (lactones) is 1. The van der Waals surface area contributed by atoms with Crippen LogP contribution in [0.4, 0.5) is 0 Å². The number of ether oxygens (including phenoxy) is 1. The van der Waals surface area contributed by atoms with Crippen LogP contribution in [0.25, 0.3) is 16.8 Å². The molecule has 0 aliphatic carbocycles. The van der Waals surface area contributed by atoms with Gasteiger partial charge < -0.3 is 4.74 Å². The molecule has 0 N–H and O–H groups in total. The van der Waals surface area contributed by atoms with Crippen molar-refractivity contribution in [3.05, 3.63) is 87.5 Å². The number of aliphatic imine (C=N–C) groups is 1. The highest BCUT2D eigenvalue weighted by atomic mass is 35.5. The number of esters is 1. The molecule has 5 heteroatoms. The van der Waals surface area contributed by atoms with Crippen LogP contribution >= 0.6 is 23.2 Å². The zero-order chi connectivity index (χ0) is 17.4. The zero-order valence-corrected chi connectivity index (χ0v) is 14.4. The lowest BCUT2D eigenvalue weighted by Crippen LogP contribution is -2.05. The van der Waals surface area contributed by atoms with Crippen LogP contribution in [0.1, 0.15) is 11.1 Å². The van der Waals surface area contributed by atoms with Crippen molar-refractivity contribution < 1.29 is 9.53 Å². The Hall–Kier alpha value is -2.62. The van der Waals surface area contributed by atoms with Gasteiger partial charge in [-0.1, -0.05) is 71.7 Å². The molecule has 0 saturated carbocycles. The second-order valence-corrected chi connectivity index (χ2v) is 6.29. The van der Waals surface area contributed by atoms with Crippen LogP contribution in [0.3, 0.4) is 0 Å². The molecule has 0 amide bonds. The van der Waals surface area contributed by atoms with Gasteiger partial charge in [0.2, 0.25) is 5.90 Å². The molecule has 0 unspecified atom stereocenters. The van der Waals surface area contributed by atoms with E-state index < -0.39 is 5.97 Å². The number of nitrogens with zero attached hydrogens (tertiary/aromatic N) is 1. The molecule has 0 spiro atoms. The summed E-state index contributed by atoms with van der Waals surface area (Å²) in [4.78, 5) is 16.6. The molecule has 122 valence electrons. The average Bonchev–Trinajstić information content (AvgIpc) is 2.99. The van der Waals surface area contributed by atoms with Crippen molar-refractivity contribution in [2.24, 2.45) is 4.99 Å². The fourth-order valence-corrected chi connectivity index (χ4v) is 3.08. The van der Waals surface area contributed by atoms with Crippen LogP contribution in [0.5, 0.6) is 0 Å². The van der Waals surface area contributed by atoms with Crippen molar-refractivity contribution in [3.63, 3.8) is 0 Å². The Bertz CT molecular complexity index is 1060. The van der Waals surface area contributed by atoms with Gasteiger partial charge in [0.05, 0.1) is 10.0 Å². The summed E-state index contributed by atoms with van der Waals surface area (Å²) >= 11 is 12.2. The second-order valence-electron chi connectivity index (χ2n) is 5.51. The maximum Gasteiger partial charge on any atom is 0.363 e. The smallest absolute Gasteiger partial charge is 0.363 e. The molecule has 25 heavy (non-hydrogen) atoms. The third kappa shape index (κ3) is 2.93. The molecule has 0 bridgehead atoms. The second kappa shape index (κ2) is 6.36. The predicted molar refractivity (Wildman–Crippen MR) is 101 cm³/mol. The van der Waals surface area contributed by atoms with E-state index in [4.69, 9.17) is 27.9 Å². The summed E-state index contributed by atoms with van der Waals surface area (Å²) in [5.74, 6) is -0.231. The van der Waals surface area contributed by atoms with E-state index in [1.54, 1.807) is 24.3 Å². The number of hydrogen-bond donors (Lipinski definition) is 0. The first kappa shape index (κ1) is 15.9. The Balaban J connectivity index is 1.80. The minimum absolute atomic E-state index is 0.187. The largest absolute Gasteiger partial charge is 0.402 e. The number of halogens is 2. The van der Waals surface area contributed by atoms with Gasteiger partial charge in [0, 0.05) is 5.56 Å². The van der Waals surface area contributed by atoms with Crippen molar-refractivity contribution in [1.82, 2.24) is 0 Å². The van der Waals surface area contributed by atoms with E-state index in [-0.39, 0.29) is 11.6 Å². The molecule has 0 radical (unpaired) electrons. The third-order valence-electron chi connectivity index (χ3n) is 3.91. The summed E-state index contributed by atoms with van der Waals surface area (Å²) in [5, 5.41) is 2.81. The molecule has 0 aromatic heterocycles. The van der Waals surface area contributed by atoms with E-state index in [0.29, 0.717) is 15.6 Å². The van der Waals surface area contributed by atoms with Gasteiger partial charge in [-0.3, -0.25) is 0 Å². The van der Waals surface area contributed by atoms with Gasteiger partial charge in [0.1, 0.15) is 0 Å². The quantitative estimate of drug-likeness (QED) is 0.443. The third-order valence-corrected chi connectivity index (χ3v) is 4.75. The average molecular weight is 368 g/mol. The van der Waals surface area contributed by atoms with E-state index in [0.717, 1.165) is 16.3 Å². The Labute approximate surface area is 154 Å². The monoisotopic (exact) mass is 367 g/mol. The standard InChI is InChI=1S/C20H11Cl2NO2/c21-16-10-4-7-13(18(16)22)11-17-20(24)25-19(23-17)15-9-3-6-12-5-1-2-8-14(12)15/h1-11H/b17-11+. The molecule has 1 heterocycles. The SMILES string of the molecule is O=C1OC(c2cccc3ccccc23)=N/C1=C/c1cccc(Cl)c1Cl.